The summed E-state index contributed by atoms with van der Waals surface area (Å²) in [7, 11) is 0. The van der Waals surface area contributed by atoms with E-state index in [-0.39, 0.29) is 16.7 Å². The van der Waals surface area contributed by atoms with Crippen LogP contribution >= 0.6 is 11.6 Å². The van der Waals surface area contributed by atoms with Crippen molar-refractivity contribution >= 4 is 23.2 Å². The summed E-state index contributed by atoms with van der Waals surface area (Å²) in [5.74, 6) is -1.49. The second kappa shape index (κ2) is 5.65. The molecule has 0 spiro atoms. The van der Waals surface area contributed by atoms with E-state index < -0.39 is 11.6 Å². The van der Waals surface area contributed by atoms with Gasteiger partial charge >= 0.3 is 0 Å². The number of anilines is 1. The molecule has 0 heterocycles. The quantitative estimate of drug-likeness (QED) is 0.637. The van der Waals surface area contributed by atoms with Gasteiger partial charge in [-0.05, 0) is 12.5 Å². The Morgan fingerprint density at radius 2 is 2.19 bits per heavy atom. The van der Waals surface area contributed by atoms with Crippen molar-refractivity contribution < 1.29 is 8.78 Å². The molecule has 0 atom stereocenters. The van der Waals surface area contributed by atoms with Crippen molar-refractivity contribution in [2.45, 2.75) is 13.3 Å². The topological polar surface area (TPSA) is 50.4 Å². The fraction of sp³-hybridized carbons (Fsp3) is 0.300. The summed E-state index contributed by atoms with van der Waals surface area (Å²) >= 11 is 5.66. The third kappa shape index (κ3) is 3.34. The van der Waals surface area contributed by atoms with Crippen molar-refractivity contribution in [1.82, 2.24) is 0 Å². The zero-order chi connectivity index (χ0) is 12.1. The highest BCUT2D eigenvalue weighted by Crippen LogP contribution is 2.25. The minimum Gasteiger partial charge on any atom is -0.370 e. The van der Waals surface area contributed by atoms with Crippen molar-refractivity contribution in [3.8, 4) is 0 Å². The predicted molar refractivity (Wildman–Crippen MR) is 61.8 cm³/mol. The molecule has 3 N–H and O–H groups in total. The fourth-order valence-corrected chi connectivity index (χ4v) is 1.30. The van der Waals surface area contributed by atoms with Gasteiger partial charge in [-0.15, -0.1) is 0 Å². The number of guanidine groups is 1. The first-order valence-corrected chi connectivity index (χ1v) is 5.14. The van der Waals surface area contributed by atoms with E-state index >= 15 is 0 Å². The average Bonchev–Trinajstić information content (AvgIpc) is 2.20. The van der Waals surface area contributed by atoms with Crippen molar-refractivity contribution in [3.63, 3.8) is 0 Å². The number of nitrogens with one attached hydrogen (secondary N) is 1. The molecule has 0 saturated heterocycles. The van der Waals surface area contributed by atoms with Crippen LogP contribution in [0.2, 0.25) is 5.02 Å². The first kappa shape index (κ1) is 12.7. The van der Waals surface area contributed by atoms with Crippen LogP contribution in [0.3, 0.4) is 0 Å². The van der Waals surface area contributed by atoms with E-state index in [1.165, 1.54) is 0 Å². The van der Waals surface area contributed by atoms with Crippen LogP contribution in [0.25, 0.3) is 0 Å². The van der Waals surface area contributed by atoms with Crippen LogP contribution in [0.4, 0.5) is 14.5 Å². The van der Waals surface area contributed by atoms with Gasteiger partial charge in [-0.25, -0.2) is 8.78 Å². The average molecular weight is 248 g/mol. The van der Waals surface area contributed by atoms with Crippen LogP contribution in [-0.4, -0.2) is 12.5 Å². The van der Waals surface area contributed by atoms with E-state index in [9.17, 15) is 8.78 Å². The molecule has 0 radical (unpaired) electrons. The maximum atomic E-state index is 13.3. The number of aliphatic imine (C=N–C) groups is 1. The smallest absolute Gasteiger partial charge is 0.193 e. The molecule has 0 saturated carbocycles. The lowest BCUT2D eigenvalue weighted by atomic mass is 10.3. The van der Waals surface area contributed by atoms with Crippen LogP contribution in [0.15, 0.2) is 17.1 Å². The number of halogens is 3. The molecular weight excluding hydrogens is 236 g/mol. The zero-order valence-electron chi connectivity index (χ0n) is 8.73. The molecule has 6 heteroatoms. The minimum atomic E-state index is -0.806. The molecule has 0 aromatic heterocycles. The number of nitrogens with two attached hydrogens (primary N) is 1. The highest BCUT2D eigenvalue weighted by atomic mass is 35.5. The van der Waals surface area contributed by atoms with Crippen LogP contribution in [0.1, 0.15) is 13.3 Å². The third-order valence-electron chi connectivity index (χ3n) is 1.77. The van der Waals surface area contributed by atoms with Gasteiger partial charge in [0.1, 0.15) is 5.82 Å². The third-order valence-corrected chi connectivity index (χ3v) is 2.06. The van der Waals surface area contributed by atoms with Crippen LogP contribution < -0.4 is 11.1 Å². The number of benzene rings is 1. The van der Waals surface area contributed by atoms with E-state index in [1.54, 1.807) is 0 Å². The van der Waals surface area contributed by atoms with Gasteiger partial charge in [-0.1, -0.05) is 18.5 Å². The number of nitrogens with zero attached hydrogens (tertiary/aromatic N) is 1. The lowest BCUT2D eigenvalue weighted by Gasteiger charge is -2.08. The van der Waals surface area contributed by atoms with Gasteiger partial charge in [-0.3, -0.25) is 4.99 Å². The molecule has 0 bridgehead atoms. The molecule has 1 aromatic rings. The van der Waals surface area contributed by atoms with E-state index in [0.717, 1.165) is 18.6 Å². The van der Waals surface area contributed by atoms with E-state index in [4.69, 9.17) is 17.3 Å². The van der Waals surface area contributed by atoms with Gasteiger partial charge in [0.25, 0.3) is 0 Å². The Hall–Kier alpha value is -1.36. The van der Waals surface area contributed by atoms with E-state index in [0.29, 0.717) is 6.54 Å². The summed E-state index contributed by atoms with van der Waals surface area (Å²) in [6.07, 6.45) is 0.821. The van der Waals surface area contributed by atoms with Crippen LogP contribution in [0, 0.1) is 11.6 Å². The fourth-order valence-electron chi connectivity index (χ4n) is 1.06. The Morgan fingerprint density at radius 3 is 2.75 bits per heavy atom. The van der Waals surface area contributed by atoms with Gasteiger partial charge in [0.05, 0.1) is 10.7 Å². The molecule has 0 aliphatic rings. The van der Waals surface area contributed by atoms with Crippen LogP contribution in [-0.2, 0) is 0 Å². The second-order valence-electron chi connectivity index (χ2n) is 3.14. The normalized spacial score (nSPS) is 11.6. The Morgan fingerprint density at radius 1 is 1.50 bits per heavy atom. The summed E-state index contributed by atoms with van der Waals surface area (Å²) in [5.41, 5.74) is 5.42. The summed E-state index contributed by atoms with van der Waals surface area (Å²) in [5, 5.41) is 2.42. The molecule has 0 fully saturated rings. The Kier molecular flexibility index (Phi) is 4.49. The van der Waals surface area contributed by atoms with Gasteiger partial charge in [0.2, 0.25) is 0 Å². The first-order valence-electron chi connectivity index (χ1n) is 4.76. The van der Waals surface area contributed by atoms with Gasteiger partial charge in [-0.2, -0.15) is 0 Å². The number of hydrogen-bond donors (Lipinski definition) is 2. The van der Waals surface area contributed by atoms with E-state index in [1.807, 2.05) is 6.92 Å². The molecule has 0 amide bonds. The molecular formula is C10H12ClF2N3. The maximum Gasteiger partial charge on any atom is 0.193 e. The van der Waals surface area contributed by atoms with Gasteiger partial charge in [0, 0.05) is 12.6 Å². The Labute approximate surface area is 97.3 Å². The summed E-state index contributed by atoms with van der Waals surface area (Å²) < 4.78 is 26.0. The SMILES string of the molecule is CCCN=C(N)Nc1c(F)cc(F)cc1Cl. The van der Waals surface area contributed by atoms with Crippen molar-refractivity contribution in [2.24, 2.45) is 10.7 Å². The predicted octanol–water partition coefficient (Wildman–Crippen LogP) is 2.75. The molecule has 3 nitrogen and oxygen atoms in total. The molecule has 0 unspecified atom stereocenters. The summed E-state index contributed by atoms with van der Waals surface area (Å²) in [6, 6.07) is 1.72. The molecule has 1 aromatic carbocycles. The largest absolute Gasteiger partial charge is 0.370 e. The highest BCUT2D eigenvalue weighted by Gasteiger charge is 2.10. The maximum absolute atomic E-state index is 13.3. The highest BCUT2D eigenvalue weighted by molar-refractivity contribution is 6.33. The molecule has 0 aliphatic carbocycles. The summed E-state index contributed by atoms with van der Waals surface area (Å²) in [6.45, 7) is 2.46. The first-order chi connectivity index (χ1) is 7.54. The molecule has 0 aliphatic heterocycles. The van der Waals surface area contributed by atoms with Crippen molar-refractivity contribution in [3.05, 3.63) is 28.8 Å². The van der Waals surface area contributed by atoms with Gasteiger partial charge in [0.15, 0.2) is 11.8 Å². The molecule has 1 rings (SSSR count). The molecule has 88 valence electrons. The lowest BCUT2D eigenvalue weighted by molar-refractivity contribution is 0.586. The van der Waals surface area contributed by atoms with Crippen LogP contribution in [0.5, 0.6) is 0 Å². The monoisotopic (exact) mass is 247 g/mol. The standard InChI is InChI=1S/C10H12ClF2N3/c1-2-3-15-10(14)16-9-7(11)4-6(12)5-8(9)13/h4-5H,2-3H2,1H3,(H3,14,15,16). The zero-order valence-corrected chi connectivity index (χ0v) is 9.48. The van der Waals surface area contributed by atoms with Gasteiger partial charge < -0.3 is 11.1 Å². The van der Waals surface area contributed by atoms with Crippen molar-refractivity contribution in [1.29, 1.82) is 0 Å². The van der Waals surface area contributed by atoms with Crippen molar-refractivity contribution in [2.75, 3.05) is 11.9 Å². The number of rotatable bonds is 3. The number of hydrogen-bond acceptors (Lipinski definition) is 1. The molecule has 16 heavy (non-hydrogen) atoms. The summed E-state index contributed by atoms with van der Waals surface area (Å²) in [4.78, 5) is 3.91. The Balaban J connectivity index is 2.89. The Bertz CT molecular complexity index is 384. The lowest BCUT2D eigenvalue weighted by Crippen LogP contribution is -2.23. The minimum absolute atomic E-state index is 0.0502. The van der Waals surface area contributed by atoms with E-state index in [2.05, 4.69) is 10.3 Å². The second-order valence-corrected chi connectivity index (χ2v) is 3.54.